The Bertz CT molecular complexity index is 245. The normalized spacial score (nSPS) is 21.8. The zero-order chi connectivity index (χ0) is 14.0. The molecule has 2 fully saturated rings. The molecular formula is C16H31N3O. The van der Waals surface area contributed by atoms with Gasteiger partial charge in [-0.3, -0.25) is 9.69 Å². The zero-order valence-electron chi connectivity index (χ0n) is 12.8. The van der Waals surface area contributed by atoms with Gasteiger partial charge in [0.1, 0.15) is 0 Å². The molecule has 0 bridgehead atoms. The summed E-state index contributed by atoms with van der Waals surface area (Å²) in [6, 6.07) is 0. The van der Waals surface area contributed by atoms with Crippen LogP contribution in [-0.2, 0) is 4.79 Å². The van der Waals surface area contributed by atoms with Crippen molar-refractivity contribution in [3.05, 3.63) is 0 Å². The molecule has 0 unspecified atom stereocenters. The van der Waals surface area contributed by atoms with Crippen LogP contribution in [0.3, 0.4) is 0 Å². The second-order valence-electron chi connectivity index (χ2n) is 6.34. The Hall–Kier alpha value is -0.610. The van der Waals surface area contributed by atoms with Crippen molar-refractivity contribution in [1.29, 1.82) is 0 Å². The van der Waals surface area contributed by atoms with Crippen LogP contribution in [0.2, 0.25) is 0 Å². The predicted octanol–water partition coefficient (Wildman–Crippen LogP) is 1.76. The van der Waals surface area contributed by atoms with E-state index in [0.717, 1.165) is 58.0 Å². The number of carbonyl (C=O) groups is 1. The van der Waals surface area contributed by atoms with Crippen LogP contribution in [-0.4, -0.2) is 50.1 Å². The first-order valence-electron chi connectivity index (χ1n) is 8.54. The Labute approximate surface area is 123 Å². The largest absolute Gasteiger partial charge is 0.355 e. The van der Waals surface area contributed by atoms with E-state index in [4.69, 9.17) is 0 Å². The lowest BCUT2D eigenvalue weighted by Gasteiger charge is -2.27. The van der Waals surface area contributed by atoms with Crippen molar-refractivity contribution in [2.45, 2.75) is 51.4 Å². The molecular weight excluding hydrogens is 250 g/mol. The number of nitrogens with zero attached hydrogens (tertiary/aromatic N) is 1. The molecule has 0 aromatic carbocycles. The van der Waals surface area contributed by atoms with Crippen LogP contribution in [0.5, 0.6) is 0 Å². The van der Waals surface area contributed by atoms with Gasteiger partial charge in [-0.1, -0.05) is 32.1 Å². The van der Waals surface area contributed by atoms with Crippen molar-refractivity contribution in [2.75, 3.05) is 39.3 Å². The molecule has 1 heterocycles. The summed E-state index contributed by atoms with van der Waals surface area (Å²) in [4.78, 5) is 14.2. The van der Waals surface area contributed by atoms with Gasteiger partial charge in [0.25, 0.3) is 0 Å². The van der Waals surface area contributed by atoms with Gasteiger partial charge in [-0.25, -0.2) is 0 Å². The van der Waals surface area contributed by atoms with Gasteiger partial charge in [-0.15, -0.1) is 0 Å². The zero-order valence-corrected chi connectivity index (χ0v) is 12.8. The van der Waals surface area contributed by atoms with Gasteiger partial charge in [0.2, 0.25) is 5.91 Å². The Balaban J connectivity index is 1.45. The third kappa shape index (κ3) is 6.23. The number of hydrogen-bond donors (Lipinski definition) is 2. The summed E-state index contributed by atoms with van der Waals surface area (Å²) in [5.41, 5.74) is 0. The molecule has 0 atom stereocenters. The van der Waals surface area contributed by atoms with Gasteiger partial charge in [-0.2, -0.15) is 0 Å². The minimum atomic E-state index is 0.246. The van der Waals surface area contributed by atoms with E-state index in [1.165, 1.54) is 38.5 Å². The standard InChI is InChI=1S/C16H31N3O/c20-16(8-4-7-15-5-2-1-3-6-15)18-11-14-19-12-9-17-10-13-19/h15,17H,1-14H2,(H,18,20). The van der Waals surface area contributed by atoms with Crippen LogP contribution < -0.4 is 10.6 Å². The van der Waals surface area contributed by atoms with Gasteiger partial charge in [-0.05, 0) is 18.8 Å². The molecule has 2 rings (SSSR count). The Morgan fingerprint density at radius 3 is 2.65 bits per heavy atom. The average Bonchev–Trinajstić information content (AvgIpc) is 2.49. The van der Waals surface area contributed by atoms with Crippen LogP contribution in [0.4, 0.5) is 0 Å². The molecule has 0 aromatic heterocycles. The number of hydrogen-bond acceptors (Lipinski definition) is 3. The minimum Gasteiger partial charge on any atom is -0.355 e. The summed E-state index contributed by atoms with van der Waals surface area (Å²) in [5, 5.41) is 6.41. The maximum atomic E-state index is 11.8. The van der Waals surface area contributed by atoms with E-state index in [-0.39, 0.29) is 5.91 Å². The fourth-order valence-electron chi connectivity index (χ4n) is 3.40. The predicted molar refractivity (Wildman–Crippen MR) is 82.7 cm³/mol. The quantitative estimate of drug-likeness (QED) is 0.747. The maximum Gasteiger partial charge on any atom is 0.220 e. The van der Waals surface area contributed by atoms with Crippen LogP contribution in [0.1, 0.15) is 51.4 Å². The topological polar surface area (TPSA) is 44.4 Å². The maximum absolute atomic E-state index is 11.8. The van der Waals surface area contributed by atoms with Gasteiger partial charge in [0.05, 0.1) is 0 Å². The average molecular weight is 281 g/mol. The third-order valence-electron chi connectivity index (χ3n) is 4.70. The molecule has 0 spiro atoms. The Kier molecular flexibility index (Phi) is 7.37. The minimum absolute atomic E-state index is 0.246. The number of piperazine rings is 1. The number of nitrogens with one attached hydrogen (secondary N) is 2. The van der Waals surface area contributed by atoms with Gasteiger partial charge in [0.15, 0.2) is 0 Å². The highest BCUT2D eigenvalue weighted by Gasteiger charge is 2.14. The molecule has 1 saturated carbocycles. The van der Waals surface area contributed by atoms with E-state index >= 15 is 0 Å². The molecule has 1 saturated heterocycles. The second kappa shape index (κ2) is 9.35. The van der Waals surface area contributed by atoms with Gasteiger partial charge < -0.3 is 10.6 Å². The summed E-state index contributed by atoms with van der Waals surface area (Å²) in [7, 11) is 0. The van der Waals surface area contributed by atoms with E-state index in [9.17, 15) is 4.79 Å². The first-order valence-corrected chi connectivity index (χ1v) is 8.54. The molecule has 1 aliphatic carbocycles. The van der Waals surface area contributed by atoms with Crippen LogP contribution in [0.25, 0.3) is 0 Å². The van der Waals surface area contributed by atoms with Crippen LogP contribution in [0, 0.1) is 5.92 Å². The van der Waals surface area contributed by atoms with Gasteiger partial charge >= 0.3 is 0 Å². The first-order chi connectivity index (χ1) is 9.84. The molecule has 116 valence electrons. The van der Waals surface area contributed by atoms with Crippen molar-refractivity contribution in [3.8, 4) is 0 Å². The van der Waals surface area contributed by atoms with E-state index in [1.807, 2.05) is 0 Å². The highest BCUT2D eigenvalue weighted by atomic mass is 16.1. The molecule has 4 heteroatoms. The molecule has 20 heavy (non-hydrogen) atoms. The molecule has 0 aromatic rings. The fourth-order valence-corrected chi connectivity index (χ4v) is 3.40. The number of rotatable bonds is 7. The third-order valence-corrected chi connectivity index (χ3v) is 4.70. The van der Waals surface area contributed by atoms with E-state index in [2.05, 4.69) is 15.5 Å². The summed E-state index contributed by atoms with van der Waals surface area (Å²) < 4.78 is 0. The smallest absolute Gasteiger partial charge is 0.220 e. The van der Waals surface area contributed by atoms with Crippen molar-refractivity contribution in [1.82, 2.24) is 15.5 Å². The number of amides is 1. The van der Waals surface area contributed by atoms with Crippen molar-refractivity contribution in [3.63, 3.8) is 0 Å². The number of carbonyl (C=O) groups excluding carboxylic acids is 1. The Morgan fingerprint density at radius 2 is 1.90 bits per heavy atom. The summed E-state index contributed by atoms with van der Waals surface area (Å²) in [6.07, 6.45) is 10.1. The van der Waals surface area contributed by atoms with Crippen molar-refractivity contribution < 1.29 is 4.79 Å². The molecule has 2 aliphatic rings. The van der Waals surface area contributed by atoms with Crippen LogP contribution in [0.15, 0.2) is 0 Å². The summed E-state index contributed by atoms with van der Waals surface area (Å²) >= 11 is 0. The van der Waals surface area contributed by atoms with Crippen molar-refractivity contribution >= 4 is 5.91 Å². The van der Waals surface area contributed by atoms with Crippen molar-refractivity contribution in [2.24, 2.45) is 5.92 Å². The summed E-state index contributed by atoms with van der Waals surface area (Å²) in [5.74, 6) is 1.15. The highest BCUT2D eigenvalue weighted by molar-refractivity contribution is 5.75. The fraction of sp³-hybridized carbons (Fsp3) is 0.938. The lowest BCUT2D eigenvalue weighted by Crippen LogP contribution is -2.46. The second-order valence-corrected chi connectivity index (χ2v) is 6.34. The molecule has 2 N–H and O–H groups in total. The Morgan fingerprint density at radius 1 is 1.15 bits per heavy atom. The van der Waals surface area contributed by atoms with E-state index in [0.29, 0.717) is 0 Å². The van der Waals surface area contributed by atoms with Gasteiger partial charge in [0, 0.05) is 45.7 Å². The molecule has 0 radical (unpaired) electrons. The van der Waals surface area contributed by atoms with Crippen LogP contribution >= 0.6 is 0 Å². The SMILES string of the molecule is O=C(CCCC1CCCCC1)NCCN1CCNCC1. The lowest BCUT2D eigenvalue weighted by atomic mass is 9.86. The first kappa shape index (κ1) is 15.8. The highest BCUT2D eigenvalue weighted by Crippen LogP contribution is 2.27. The van der Waals surface area contributed by atoms with E-state index < -0.39 is 0 Å². The molecule has 1 amide bonds. The monoisotopic (exact) mass is 281 g/mol. The van der Waals surface area contributed by atoms with E-state index in [1.54, 1.807) is 0 Å². The summed E-state index contributed by atoms with van der Waals surface area (Å²) in [6.45, 7) is 6.18. The molecule has 4 nitrogen and oxygen atoms in total. The lowest BCUT2D eigenvalue weighted by molar-refractivity contribution is -0.121. The molecule has 1 aliphatic heterocycles.